The lowest BCUT2D eigenvalue weighted by atomic mass is 10.2. The van der Waals surface area contributed by atoms with E-state index in [1.54, 1.807) is 6.92 Å². The van der Waals surface area contributed by atoms with Crippen LogP contribution in [0.4, 0.5) is 13.2 Å². The predicted molar refractivity (Wildman–Crippen MR) is 97.0 cm³/mol. The first kappa shape index (κ1) is 22.4. The quantitative estimate of drug-likeness (QED) is 0.564. The van der Waals surface area contributed by atoms with Crippen LogP contribution in [-0.2, 0) is 27.8 Å². The van der Waals surface area contributed by atoms with Crippen molar-refractivity contribution in [3.8, 4) is 0 Å². The third-order valence-electron chi connectivity index (χ3n) is 3.65. The van der Waals surface area contributed by atoms with Gasteiger partial charge in [0, 0.05) is 23.9 Å². The van der Waals surface area contributed by atoms with Crippen LogP contribution in [-0.4, -0.2) is 48.1 Å². The van der Waals surface area contributed by atoms with Crippen molar-refractivity contribution in [2.75, 3.05) is 13.7 Å². The molecule has 0 aliphatic rings. The van der Waals surface area contributed by atoms with Gasteiger partial charge < -0.3 is 9.30 Å². The Morgan fingerprint density at radius 1 is 1.36 bits per heavy atom. The van der Waals surface area contributed by atoms with Crippen LogP contribution >= 0.6 is 15.9 Å². The van der Waals surface area contributed by atoms with Gasteiger partial charge in [-0.3, -0.25) is 0 Å². The molecule has 1 aromatic carbocycles. The molecule has 0 saturated carbocycles. The summed E-state index contributed by atoms with van der Waals surface area (Å²) in [5.41, 5.74) is 0.163. The number of carbonyl (C=O) groups is 1. The van der Waals surface area contributed by atoms with Gasteiger partial charge in [-0.15, -0.1) is 0 Å². The Balaban J connectivity index is 2.25. The molecule has 7 nitrogen and oxygen atoms in total. The molecule has 0 aliphatic carbocycles. The van der Waals surface area contributed by atoms with E-state index in [2.05, 4.69) is 20.9 Å². The Morgan fingerprint density at radius 3 is 2.61 bits per heavy atom. The summed E-state index contributed by atoms with van der Waals surface area (Å²) in [6.07, 6.45) is -2.15. The summed E-state index contributed by atoms with van der Waals surface area (Å²) in [5.74, 6) is -0.655. The molecular formula is C16H17BrF3N3O4S. The fourth-order valence-electron chi connectivity index (χ4n) is 2.33. The second-order valence-electron chi connectivity index (χ2n) is 5.71. The van der Waals surface area contributed by atoms with E-state index >= 15 is 0 Å². The van der Waals surface area contributed by atoms with E-state index in [0.717, 1.165) is 15.1 Å². The van der Waals surface area contributed by atoms with Crippen LogP contribution in [0.3, 0.4) is 0 Å². The van der Waals surface area contributed by atoms with E-state index < -0.39 is 28.7 Å². The number of halogens is 4. The monoisotopic (exact) mass is 483 g/mol. The van der Waals surface area contributed by atoms with Gasteiger partial charge in [-0.1, -0.05) is 0 Å². The Bertz CT molecular complexity index is 960. The predicted octanol–water partition coefficient (Wildman–Crippen LogP) is 3.21. The first-order chi connectivity index (χ1) is 13.0. The van der Waals surface area contributed by atoms with Gasteiger partial charge >= 0.3 is 12.1 Å². The molecule has 2 rings (SSSR count). The lowest BCUT2D eigenvalue weighted by Gasteiger charge is -2.19. The highest BCUT2D eigenvalue weighted by Gasteiger charge is 2.30. The summed E-state index contributed by atoms with van der Waals surface area (Å²) in [6, 6.07) is 3.84. The van der Waals surface area contributed by atoms with Crippen LogP contribution in [0.1, 0.15) is 23.1 Å². The van der Waals surface area contributed by atoms with Crippen LogP contribution < -0.4 is 0 Å². The SMILES string of the molecule is CCOC(=O)c1ccc(S(=O)(=O)N(C)Cc2nccn2CC(F)(F)F)c(Br)c1. The number of ether oxygens (including phenoxy) is 1. The molecule has 0 radical (unpaired) electrons. The Hall–Kier alpha value is -1.92. The fraction of sp³-hybridized carbons (Fsp3) is 0.375. The van der Waals surface area contributed by atoms with Gasteiger partial charge in [0.2, 0.25) is 10.0 Å². The zero-order chi connectivity index (χ0) is 21.1. The zero-order valence-electron chi connectivity index (χ0n) is 14.9. The number of hydrogen-bond acceptors (Lipinski definition) is 5. The van der Waals surface area contributed by atoms with Gasteiger partial charge in [0.1, 0.15) is 12.4 Å². The van der Waals surface area contributed by atoms with Gasteiger partial charge in [-0.2, -0.15) is 17.5 Å². The number of hydrogen-bond donors (Lipinski definition) is 0. The maximum absolute atomic E-state index is 12.8. The summed E-state index contributed by atoms with van der Waals surface area (Å²) in [4.78, 5) is 15.4. The van der Waals surface area contributed by atoms with Crippen molar-refractivity contribution in [3.63, 3.8) is 0 Å². The minimum Gasteiger partial charge on any atom is -0.462 e. The van der Waals surface area contributed by atoms with Gasteiger partial charge in [-0.05, 0) is 41.1 Å². The second kappa shape index (κ2) is 8.62. The summed E-state index contributed by atoms with van der Waals surface area (Å²) in [6.45, 7) is 0.179. The number of alkyl halides is 3. The third-order valence-corrected chi connectivity index (χ3v) is 6.43. The van der Waals surface area contributed by atoms with Crippen molar-refractivity contribution in [2.45, 2.75) is 31.1 Å². The molecule has 0 amide bonds. The number of benzene rings is 1. The van der Waals surface area contributed by atoms with Crippen LogP contribution in [0.2, 0.25) is 0 Å². The number of imidazole rings is 1. The van der Waals surface area contributed by atoms with E-state index in [4.69, 9.17) is 4.74 Å². The van der Waals surface area contributed by atoms with Crippen molar-refractivity contribution in [2.24, 2.45) is 0 Å². The van der Waals surface area contributed by atoms with E-state index in [0.29, 0.717) is 0 Å². The van der Waals surface area contributed by atoms with Crippen LogP contribution in [0, 0.1) is 0 Å². The Morgan fingerprint density at radius 2 is 2.04 bits per heavy atom. The van der Waals surface area contributed by atoms with Crippen LogP contribution in [0.5, 0.6) is 0 Å². The highest BCUT2D eigenvalue weighted by atomic mass is 79.9. The van der Waals surface area contributed by atoms with E-state index in [1.807, 2.05) is 0 Å². The zero-order valence-corrected chi connectivity index (χ0v) is 17.3. The van der Waals surface area contributed by atoms with Crippen molar-refractivity contribution < 1.29 is 31.1 Å². The van der Waals surface area contributed by atoms with Crippen LogP contribution in [0.15, 0.2) is 40.0 Å². The van der Waals surface area contributed by atoms with E-state index in [9.17, 15) is 26.4 Å². The van der Waals surface area contributed by atoms with Crippen LogP contribution in [0.25, 0.3) is 0 Å². The smallest absolute Gasteiger partial charge is 0.406 e. The summed E-state index contributed by atoms with van der Waals surface area (Å²) >= 11 is 3.12. The molecule has 28 heavy (non-hydrogen) atoms. The lowest BCUT2D eigenvalue weighted by molar-refractivity contribution is -0.141. The maximum Gasteiger partial charge on any atom is 0.406 e. The number of sulfonamides is 1. The standard InChI is InChI=1S/C16H17BrF3N3O4S/c1-3-27-15(24)11-4-5-13(12(17)8-11)28(25,26)22(2)9-14-21-6-7-23(14)10-16(18,19)20/h4-8H,3,9-10H2,1-2H3. The van der Waals surface area contributed by atoms with Crippen molar-refractivity contribution in [3.05, 3.63) is 46.5 Å². The molecule has 1 heterocycles. The number of aromatic nitrogens is 2. The molecule has 0 spiro atoms. The van der Waals surface area contributed by atoms with E-state index in [-0.39, 0.29) is 33.9 Å². The first-order valence-corrected chi connectivity index (χ1v) is 10.2. The molecular weight excluding hydrogens is 467 g/mol. The highest BCUT2D eigenvalue weighted by Crippen LogP contribution is 2.27. The summed E-state index contributed by atoms with van der Waals surface area (Å²) < 4.78 is 70.2. The number of carbonyl (C=O) groups excluding carboxylic acids is 1. The molecule has 154 valence electrons. The maximum atomic E-state index is 12.8. The second-order valence-corrected chi connectivity index (χ2v) is 8.58. The van der Waals surface area contributed by atoms with Crippen molar-refractivity contribution >= 4 is 31.9 Å². The Kier molecular flexibility index (Phi) is 6.88. The molecule has 1 aromatic heterocycles. The molecule has 2 aromatic rings. The topological polar surface area (TPSA) is 81.5 Å². The third kappa shape index (κ3) is 5.32. The molecule has 12 heteroatoms. The Labute approximate surface area is 168 Å². The minimum atomic E-state index is -4.46. The molecule has 0 fully saturated rings. The van der Waals surface area contributed by atoms with Gasteiger partial charge in [0.25, 0.3) is 0 Å². The fourth-order valence-corrected chi connectivity index (χ4v) is 4.49. The van der Waals surface area contributed by atoms with Crippen molar-refractivity contribution in [1.82, 2.24) is 13.9 Å². The van der Waals surface area contributed by atoms with Gasteiger partial charge in [-0.25, -0.2) is 18.2 Å². The lowest BCUT2D eigenvalue weighted by Crippen LogP contribution is -2.29. The molecule has 0 atom stereocenters. The van der Waals surface area contributed by atoms with Crippen molar-refractivity contribution in [1.29, 1.82) is 0 Å². The molecule has 0 bridgehead atoms. The average Bonchev–Trinajstić information content (AvgIpc) is 2.99. The number of esters is 1. The average molecular weight is 484 g/mol. The summed E-state index contributed by atoms with van der Waals surface area (Å²) in [7, 11) is -2.83. The highest BCUT2D eigenvalue weighted by molar-refractivity contribution is 9.10. The number of nitrogens with zero attached hydrogens (tertiary/aromatic N) is 3. The van der Waals surface area contributed by atoms with Gasteiger partial charge in [0.05, 0.1) is 23.6 Å². The number of rotatable bonds is 7. The van der Waals surface area contributed by atoms with E-state index in [1.165, 1.54) is 31.4 Å². The minimum absolute atomic E-state index is 0.0531. The molecule has 0 aliphatic heterocycles. The molecule has 0 unspecified atom stereocenters. The molecule has 0 saturated heterocycles. The molecule has 0 N–H and O–H groups in total. The normalized spacial score (nSPS) is 12.4. The first-order valence-electron chi connectivity index (χ1n) is 7.95. The largest absolute Gasteiger partial charge is 0.462 e. The summed E-state index contributed by atoms with van der Waals surface area (Å²) in [5, 5.41) is 0. The van der Waals surface area contributed by atoms with Gasteiger partial charge in [0.15, 0.2) is 0 Å².